The monoisotopic (exact) mass is 295 g/mol. The Hall–Kier alpha value is -1.85. The van der Waals surface area contributed by atoms with Crippen LogP contribution in [-0.4, -0.2) is 26.8 Å². The number of carboxylic acids is 1. The molecule has 1 aromatic rings. The number of aromatic nitrogens is 2. The number of hydrogen-bond donors (Lipinski definition) is 2. The molecule has 0 aliphatic heterocycles. The summed E-state index contributed by atoms with van der Waals surface area (Å²) in [6, 6.07) is -1.02. The van der Waals surface area contributed by atoms with Crippen LogP contribution in [-0.2, 0) is 16.6 Å². The van der Waals surface area contributed by atoms with Crippen LogP contribution in [0.1, 0.15) is 63.5 Å². The first kappa shape index (κ1) is 17.2. The van der Waals surface area contributed by atoms with Crippen molar-refractivity contribution in [3.05, 3.63) is 18.0 Å². The van der Waals surface area contributed by atoms with Crippen LogP contribution < -0.4 is 5.32 Å². The zero-order chi connectivity index (χ0) is 15.7. The molecule has 2 N–H and O–H groups in total. The van der Waals surface area contributed by atoms with Gasteiger partial charge < -0.3 is 10.4 Å². The van der Waals surface area contributed by atoms with Gasteiger partial charge in [0.15, 0.2) is 6.04 Å². The Kier molecular flexibility index (Phi) is 7.50. The van der Waals surface area contributed by atoms with Crippen molar-refractivity contribution in [2.24, 2.45) is 7.05 Å². The van der Waals surface area contributed by atoms with Gasteiger partial charge in [0.25, 0.3) is 0 Å². The van der Waals surface area contributed by atoms with E-state index in [2.05, 4.69) is 17.3 Å². The molecule has 1 amide bonds. The van der Waals surface area contributed by atoms with E-state index in [-0.39, 0.29) is 5.91 Å². The van der Waals surface area contributed by atoms with E-state index < -0.39 is 12.0 Å². The molecule has 1 atom stereocenters. The zero-order valence-corrected chi connectivity index (χ0v) is 12.8. The summed E-state index contributed by atoms with van der Waals surface area (Å²) in [6.45, 7) is 2.16. The summed E-state index contributed by atoms with van der Waals surface area (Å²) < 4.78 is 1.52. The van der Waals surface area contributed by atoms with Gasteiger partial charge >= 0.3 is 5.97 Å². The molecule has 0 aromatic carbocycles. The molecule has 0 aliphatic carbocycles. The Labute approximate surface area is 125 Å². The maximum absolute atomic E-state index is 11.8. The lowest BCUT2D eigenvalue weighted by atomic mass is 10.1. The van der Waals surface area contributed by atoms with E-state index in [4.69, 9.17) is 0 Å². The van der Waals surface area contributed by atoms with E-state index in [9.17, 15) is 14.7 Å². The van der Waals surface area contributed by atoms with Crippen molar-refractivity contribution in [2.75, 3.05) is 0 Å². The average Bonchev–Trinajstić information content (AvgIpc) is 2.86. The van der Waals surface area contributed by atoms with Gasteiger partial charge in [-0.15, -0.1) is 0 Å². The fourth-order valence-electron chi connectivity index (χ4n) is 2.18. The van der Waals surface area contributed by atoms with E-state index in [0.29, 0.717) is 12.0 Å². The predicted molar refractivity (Wildman–Crippen MR) is 79.7 cm³/mol. The molecule has 0 spiro atoms. The molecule has 0 aliphatic rings. The van der Waals surface area contributed by atoms with Gasteiger partial charge in [-0.3, -0.25) is 9.48 Å². The molecule has 1 heterocycles. The quantitative estimate of drug-likeness (QED) is 0.649. The van der Waals surface area contributed by atoms with Crippen molar-refractivity contribution in [2.45, 2.75) is 57.9 Å². The maximum atomic E-state index is 11.8. The molecule has 1 unspecified atom stereocenters. The van der Waals surface area contributed by atoms with E-state index >= 15 is 0 Å². The van der Waals surface area contributed by atoms with Crippen molar-refractivity contribution in [3.63, 3.8) is 0 Å². The lowest BCUT2D eigenvalue weighted by Gasteiger charge is -2.12. The highest BCUT2D eigenvalue weighted by Crippen LogP contribution is 2.13. The van der Waals surface area contributed by atoms with Gasteiger partial charge in [-0.2, -0.15) is 5.10 Å². The van der Waals surface area contributed by atoms with E-state index in [1.807, 2.05) is 0 Å². The molecular formula is C15H25N3O3. The van der Waals surface area contributed by atoms with Crippen molar-refractivity contribution in [1.29, 1.82) is 0 Å². The van der Waals surface area contributed by atoms with Crippen LogP contribution >= 0.6 is 0 Å². The van der Waals surface area contributed by atoms with Gasteiger partial charge in [0.05, 0.1) is 6.20 Å². The molecule has 21 heavy (non-hydrogen) atoms. The summed E-state index contributed by atoms with van der Waals surface area (Å²) in [4.78, 5) is 23.1. The molecule has 6 heteroatoms. The molecule has 6 nitrogen and oxygen atoms in total. The molecule has 1 rings (SSSR count). The first-order chi connectivity index (χ1) is 10.0. The van der Waals surface area contributed by atoms with Crippen LogP contribution in [0.15, 0.2) is 12.4 Å². The third-order valence-corrected chi connectivity index (χ3v) is 3.37. The molecule has 0 bridgehead atoms. The summed E-state index contributed by atoms with van der Waals surface area (Å²) in [5.41, 5.74) is 0.487. The number of carbonyl (C=O) groups excluding carboxylic acids is 1. The Morgan fingerprint density at radius 2 is 1.95 bits per heavy atom. The topological polar surface area (TPSA) is 84.2 Å². The van der Waals surface area contributed by atoms with Crippen LogP contribution in [0.4, 0.5) is 0 Å². The summed E-state index contributed by atoms with van der Waals surface area (Å²) >= 11 is 0. The van der Waals surface area contributed by atoms with E-state index in [1.165, 1.54) is 30.1 Å². The summed E-state index contributed by atoms with van der Waals surface area (Å²) in [7, 11) is 1.71. The van der Waals surface area contributed by atoms with E-state index in [1.54, 1.807) is 13.2 Å². The summed E-state index contributed by atoms with van der Waals surface area (Å²) in [5, 5.41) is 15.7. The standard InChI is InChI=1S/C15H25N3O3/c1-3-4-5-6-7-8-9-13(19)17-14(15(20)21)12-10-16-18(2)11-12/h10-11,14H,3-9H2,1-2H3,(H,17,19)(H,20,21). The molecule has 0 saturated carbocycles. The van der Waals surface area contributed by atoms with Gasteiger partial charge in [-0.25, -0.2) is 4.79 Å². The average molecular weight is 295 g/mol. The molecule has 0 saturated heterocycles. The number of amides is 1. The van der Waals surface area contributed by atoms with Crippen LogP contribution in [0, 0.1) is 0 Å². The normalized spacial score (nSPS) is 12.1. The Morgan fingerprint density at radius 1 is 1.29 bits per heavy atom. The minimum absolute atomic E-state index is 0.221. The van der Waals surface area contributed by atoms with Gasteiger partial charge in [0, 0.05) is 25.2 Å². The first-order valence-electron chi connectivity index (χ1n) is 7.55. The number of rotatable bonds is 10. The minimum Gasteiger partial charge on any atom is -0.479 e. The highest BCUT2D eigenvalue weighted by molar-refractivity contribution is 5.84. The van der Waals surface area contributed by atoms with Crippen molar-refractivity contribution in [1.82, 2.24) is 15.1 Å². The highest BCUT2D eigenvalue weighted by atomic mass is 16.4. The smallest absolute Gasteiger partial charge is 0.331 e. The van der Waals surface area contributed by atoms with Crippen molar-refractivity contribution in [3.8, 4) is 0 Å². The number of carbonyl (C=O) groups is 2. The van der Waals surface area contributed by atoms with Crippen molar-refractivity contribution < 1.29 is 14.7 Å². The summed E-state index contributed by atoms with van der Waals surface area (Å²) in [6.07, 6.45) is 10.0. The fourth-order valence-corrected chi connectivity index (χ4v) is 2.18. The molecular weight excluding hydrogens is 270 g/mol. The van der Waals surface area contributed by atoms with Crippen LogP contribution in [0.5, 0.6) is 0 Å². The fraction of sp³-hybridized carbons (Fsp3) is 0.667. The maximum Gasteiger partial charge on any atom is 0.331 e. The third-order valence-electron chi connectivity index (χ3n) is 3.37. The number of unbranched alkanes of at least 4 members (excludes halogenated alkanes) is 5. The highest BCUT2D eigenvalue weighted by Gasteiger charge is 2.23. The van der Waals surface area contributed by atoms with Gasteiger partial charge in [-0.1, -0.05) is 39.0 Å². The summed E-state index contributed by atoms with van der Waals surface area (Å²) in [5.74, 6) is -1.29. The predicted octanol–water partition coefficient (Wildman–Crippen LogP) is 2.41. The number of aryl methyl sites for hydroxylation is 1. The van der Waals surface area contributed by atoms with Crippen LogP contribution in [0.3, 0.4) is 0 Å². The number of hydrogen-bond acceptors (Lipinski definition) is 3. The second-order valence-corrected chi connectivity index (χ2v) is 5.30. The lowest BCUT2D eigenvalue weighted by Crippen LogP contribution is -2.33. The number of aliphatic carboxylic acids is 1. The molecule has 1 aromatic heterocycles. The largest absolute Gasteiger partial charge is 0.479 e. The molecule has 0 fully saturated rings. The Morgan fingerprint density at radius 3 is 2.52 bits per heavy atom. The second-order valence-electron chi connectivity index (χ2n) is 5.30. The second kappa shape index (κ2) is 9.15. The molecule has 118 valence electrons. The Bertz CT molecular complexity index is 457. The Balaban J connectivity index is 2.35. The number of nitrogens with zero attached hydrogens (tertiary/aromatic N) is 2. The SMILES string of the molecule is CCCCCCCCC(=O)NC(C(=O)O)c1cnn(C)c1. The lowest BCUT2D eigenvalue weighted by molar-refractivity contribution is -0.142. The van der Waals surface area contributed by atoms with Gasteiger partial charge in [0.2, 0.25) is 5.91 Å². The van der Waals surface area contributed by atoms with E-state index in [0.717, 1.165) is 19.3 Å². The van der Waals surface area contributed by atoms with Gasteiger partial charge in [0.1, 0.15) is 0 Å². The van der Waals surface area contributed by atoms with Crippen LogP contribution in [0.2, 0.25) is 0 Å². The number of nitrogens with one attached hydrogen (secondary N) is 1. The molecule has 0 radical (unpaired) electrons. The van der Waals surface area contributed by atoms with Gasteiger partial charge in [-0.05, 0) is 6.42 Å². The van der Waals surface area contributed by atoms with Crippen LogP contribution in [0.25, 0.3) is 0 Å². The van der Waals surface area contributed by atoms with Crippen molar-refractivity contribution >= 4 is 11.9 Å². The first-order valence-corrected chi connectivity index (χ1v) is 7.55. The third kappa shape index (κ3) is 6.42. The minimum atomic E-state index is -1.07. The number of carboxylic acid groups (broad SMARTS) is 1. The zero-order valence-electron chi connectivity index (χ0n) is 12.8.